The Morgan fingerprint density at radius 3 is 2.64 bits per heavy atom. The summed E-state index contributed by atoms with van der Waals surface area (Å²) < 4.78 is 6.48. The van der Waals surface area contributed by atoms with E-state index in [4.69, 9.17) is 16.3 Å². The second-order valence-corrected chi connectivity index (χ2v) is 12.4. The van der Waals surface area contributed by atoms with Crippen molar-refractivity contribution in [2.45, 2.75) is 88.1 Å². The van der Waals surface area contributed by atoms with Crippen LogP contribution in [0.15, 0.2) is 36.4 Å². The number of hydrogen-bond acceptors (Lipinski definition) is 5. The van der Waals surface area contributed by atoms with Gasteiger partial charge in [0.25, 0.3) is 0 Å². The highest BCUT2D eigenvalue weighted by Crippen LogP contribution is 2.55. The number of carbonyl (C=O) groups is 3. The van der Waals surface area contributed by atoms with Gasteiger partial charge < -0.3 is 20.3 Å². The van der Waals surface area contributed by atoms with E-state index >= 15 is 0 Å². The van der Waals surface area contributed by atoms with Crippen LogP contribution in [0.3, 0.4) is 0 Å². The predicted molar refractivity (Wildman–Crippen MR) is 149 cm³/mol. The molecule has 210 valence electrons. The number of nitrogens with zero attached hydrogens (tertiary/aromatic N) is 2. The summed E-state index contributed by atoms with van der Waals surface area (Å²) in [6.07, 6.45) is 12.0. The van der Waals surface area contributed by atoms with Crippen LogP contribution in [-0.4, -0.2) is 77.0 Å². The first kappa shape index (κ1) is 26.8. The second kappa shape index (κ2) is 10.9. The van der Waals surface area contributed by atoms with Gasteiger partial charge in [0.05, 0.1) is 17.9 Å². The molecule has 1 saturated carbocycles. The minimum Gasteiger partial charge on any atom is -0.359 e. The maximum Gasteiger partial charge on any atom is 0.246 e. The molecule has 2 bridgehead atoms. The van der Waals surface area contributed by atoms with Gasteiger partial charge in [-0.15, -0.1) is 0 Å². The molecule has 1 aliphatic carbocycles. The van der Waals surface area contributed by atoms with Crippen molar-refractivity contribution in [3.63, 3.8) is 0 Å². The Balaban J connectivity index is 1.27. The number of nitrogens with one attached hydrogen (secondary N) is 2. The second-order valence-electron chi connectivity index (χ2n) is 12.0. The Morgan fingerprint density at radius 1 is 1.08 bits per heavy atom. The molecular weight excluding hydrogens is 516 g/mol. The van der Waals surface area contributed by atoms with E-state index in [2.05, 4.69) is 22.5 Å². The molecule has 5 aliphatic rings. The molecule has 1 aromatic carbocycles. The first-order valence-electron chi connectivity index (χ1n) is 14.7. The molecule has 2 N–H and O–H groups in total. The zero-order chi connectivity index (χ0) is 27.1. The molecule has 39 heavy (non-hydrogen) atoms. The monoisotopic (exact) mass is 554 g/mol. The number of hydrogen-bond donors (Lipinski definition) is 2. The van der Waals surface area contributed by atoms with Crippen LogP contribution in [0.1, 0.15) is 58.3 Å². The number of fused-ring (bicyclic) bond motifs is 1. The molecule has 3 saturated heterocycles. The van der Waals surface area contributed by atoms with Crippen molar-refractivity contribution in [3.05, 3.63) is 41.4 Å². The lowest BCUT2D eigenvalue weighted by Gasteiger charge is -2.37. The Morgan fingerprint density at radius 2 is 1.87 bits per heavy atom. The van der Waals surface area contributed by atoms with E-state index in [1.807, 2.05) is 12.2 Å². The molecule has 1 spiro atoms. The van der Waals surface area contributed by atoms with E-state index in [-0.39, 0.29) is 23.8 Å². The number of piperidine rings is 1. The summed E-state index contributed by atoms with van der Waals surface area (Å²) in [5, 5.41) is 6.72. The molecule has 4 fully saturated rings. The Bertz CT molecular complexity index is 1150. The lowest BCUT2D eigenvalue weighted by Crippen LogP contribution is -2.57. The molecule has 0 aromatic heterocycles. The van der Waals surface area contributed by atoms with Gasteiger partial charge in [0, 0.05) is 35.9 Å². The van der Waals surface area contributed by atoms with Crippen LogP contribution in [0.5, 0.6) is 0 Å². The van der Waals surface area contributed by atoms with E-state index in [0.717, 1.165) is 45.1 Å². The van der Waals surface area contributed by atoms with E-state index in [1.54, 1.807) is 29.2 Å². The molecule has 3 amide bonds. The first-order valence-corrected chi connectivity index (χ1v) is 15.0. The van der Waals surface area contributed by atoms with Gasteiger partial charge in [-0.05, 0) is 57.4 Å². The van der Waals surface area contributed by atoms with Gasteiger partial charge in [0.15, 0.2) is 0 Å². The van der Waals surface area contributed by atoms with Gasteiger partial charge in [0.1, 0.15) is 11.6 Å². The van der Waals surface area contributed by atoms with Crippen LogP contribution in [-0.2, 0) is 19.1 Å². The normalized spacial score (nSPS) is 34.4. The topological polar surface area (TPSA) is 91.0 Å². The molecule has 6 atom stereocenters. The first-order chi connectivity index (χ1) is 18.9. The minimum atomic E-state index is -1.13. The van der Waals surface area contributed by atoms with Crippen molar-refractivity contribution in [3.8, 4) is 0 Å². The van der Waals surface area contributed by atoms with Crippen LogP contribution in [0.4, 0.5) is 5.69 Å². The molecule has 4 unspecified atom stereocenters. The smallest absolute Gasteiger partial charge is 0.246 e. The third-order valence-corrected chi connectivity index (χ3v) is 9.77. The molecule has 0 radical (unpaired) electrons. The highest BCUT2D eigenvalue weighted by atomic mass is 35.5. The van der Waals surface area contributed by atoms with E-state index in [9.17, 15) is 14.4 Å². The number of likely N-dealkylation sites (tertiary alicyclic amines) is 2. The number of halogens is 1. The van der Waals surface area contributed by atoms with Gasteiger partial charge in [-0.1, -0.05) is 55.5 Å². The predicted octanol–water partition coefficient (Wildman–Crippen LogP) is 3.75. The van der Waals surface area contributed by atoms with Gasteiger partial charge in [-0.2, -0.15) is 0 Å². The lowest BCUT2D eigenvalue weighted by molar-refractivity contribution is -0.141. The number of anilines is 1. The Labute approximate surface area is 235 Å². The fraction of sp³-hybridized carbons (Fsp3) is 0.633. The zero-order valence-corrected chi connectivity index (χ0v) is 23.4. The Hall–Kier alpha value is -2.42. The SMILES string of the molecule is CC1CCCCN1CCN1C(=O)[C@@H]2C(C(=O)Nc3cccc(Cl)c3)[C@@H]3C=CC2(O3)C1C(=O)NC1CCCCC1. The number of carbonyl (C=O) groups excluding carboxylic acids is 3. The average molecular weight is 555 g/mol. The molecule has 6 rings (SSSR count). The lowest BCUT2D eigenvalue weighted by atomic mass is 9.74. The minimum absolute atomic E-state index is 0.116. The summed E-state index contributed by atoms with van der Waals surface area (Å²) in [5.41, 5.74) is -0.564. The number of benzene rings is 1. The highest BCUT2D eigenvalue weighted by molar-refractivity contribution is 6.30. The highest BCUT2D eigenvalue weighted by Gasteiger charge is 2.72. The maximum atomic E-state index is 14.2. The van der Waals surface area contributed by atoms with Crippen molar-refractivity contribution in [2.24, 2.45) is 11.8 Å². The van der Waals surface area contributed by atoms with Gasteiger partial charge in [0.2, 0.25) is 17.7 Å². The van der Waals surface area contributed by atoms with Crippen LogP contribution >= 0.6 is 11.6 Å². The summed E-state index contributed by atoms with van der Waals surface area (Å²) in [6, 6.07) is 6.74. The van der Waals surface area contributed by atoms with E-state index < -0.39 is 29.6 Å². The van der Waals surface area contributed by atoms with Crippen molar-refractivity contribution in [1.29, 1.82) is 0 Å². The van der Waals surface area contributed by atoms with Crippen LogP contribution < -0.4 is 10.6 Å². The molecule has 8 nitrogen and oxygen atoms in total. The van der Waals surface area contributed by atoms with Gasteiger partial charge in [-0.25, -0.2) is 0 Å². The quantitative estimate of drug-likeness (QED) is 0.501. The fourth-order valence-corrected chi connectivity index (χ4v) is 7.74. The summed E-state index contributed by atoms with van der Waals surface area (Å²) in [7, 11) is 0. The van der Waals surface area contributed by atoms with E-state index in [0.29, 0.717) is 29.8 Å². The van der Waals surface area contributed by atoms with Gasteiger partial charge in [-0.3, -0.25) is 19.3 Å². The fourth-order valence-electron chi connectivity index (χ4n) is 7.55. The maximum absolute atomic E-state index is 14.2. The van der Waals surface area contributed by atoms with Crippen LogP contribution in [0.2, 0.25) is 5.02 Å². The Kier molecular flexibility index (Phi) is 7.46. The van der Waals surface area contributed by atoms with Gasteiger partial charge >= 0.3 is 0 Å². The molecule has 4 heterocycles. The molecule has 4 aliphatic heterocycles. The third-order valence-electron chi connectivity index (χ3n) is 9.54. The van der Waals surface area contributed by atoms with Crippen molar-refractivity contribution in [1.82, 2.24) is 15.1 Å². The summed E-state index contributed by atoms with van der Waals surface area (Å²) in [6.45, 7) is 4.37. The summed E-state index contributed by atoms with van der Waals surface area (Å²) in [5.74, 6) is -2.07. The van der Waals surface area contributed by atoms with Crippen molar-refractivity contribution < 1.29 is 19.1 Å². The van der Waals surface area contributed by atoms with Crippen molar-refractivity contribution >= 4 is 35.0 Å². The largest absolute Gasteiger partial charge is 0.359 e. The average Bonchev–Trinajstić information content (AvgIpc) is 3.56. The number of ether oxygens (including phenoxy) is 1. The van der Waals surface area contributed by atoms with Crippen LogP contribution in [0.25, 0.3) is 0 Å². The summed E-state index contributed by atoms with van der Waals surface area (Å²) in [4.78, 5) is 45.9. The summed E-state index contributed by atoms with van der Waals surface area (Å²) >= 11 is 6.13. The van der Waals surface area contributed by atoms with Crippen LogP contribution in [0, 0.1) is 11.8 Å². The van der Waals surface area contributed by atoms with Crippen molar-refractivity contribution in [2.75, 3.05) is 25.0 Å². The van der Waals surface area contributed by atoms with E-state index in [1.165, 1.54) is 12.8 Å². The molecule has 1 aromatic rings. The standard InChI is InChI=1S/C30H39ClN4O4/c1-19-8-5-6-15-34(19)16-17-35-26(28(37)32-21-10-3-2-4-11-21)30-14-13-23(39-30)24(25(30)29(35)38)27(36)33-22-12-7-9-20(31)18-22/h7,9,12-14,18-19,21,23-26H,2-6,8,10-11,15-17H2,1H3,(H,32,37)(H,33,36)/t19?,23-,24?,25-,26?,30?/m0/s1. The molecular formula is C30H39ClN4O4. The molecule has 9 heteroatoms. The number of rotatable bonds is 7. The third kappa shape index (κ3) is 4.89. The zero-order valence-electron chi connectivity index (χ0n) is 22.6. The number of amides is 3.